The molecule has 3 heteroatoms. The Morgan fingerprint density at radius 2 is 1.76 bits per heavy atom. The van der Waals surface area contributed by atoms with Crippen molar-refractivity contribution in [2.75, 3.05) is 20.2 Å². The van der Waals surface area contributed by atoms with Crippen LogP contribution in [-0.2, 0) is 0 Å². The molecular weight excluding hydrogens is 262 g/mol. The van der Waals surface area contributed by atoms with Crippen LogP contribution >= 0.6 is 0 Å². The van der Waals surface area contributed by atoms with Crippen LogP contribution in [0.1, 0.15) is 55.9 Å². The number of likely N-dealkylation sites (tertiary alicyclic amines) is 1. The van der Waals surface area contributed by atoms with E-state index in [4.69, 9.17) is 4.74 Å². The highest BCUT2D eigenvalue weighted by atomic mass is 16.5. The van der Waals surface area contributed by atoms with Gasteiger partial charge in [0.1, 0.15) is 11.9 Å². The Morgan fingerprint density at radius 1 is 1.14 bits per heavy atom. The van der Waals surface area contributed by atoms with Gasteiger partial charge in [-0.25, -0.2) is 0 Å². The summed E-state index contributed by atoms with van der Waals surface area (Å²) in [4.78, 5) is 2.42. The number of hydrogen-bond acceptors (Lipinski definition) is 3. The molecule has 0 aromatic heterocycles. The summed E-state index contributed by atoms with van der Waals surface area (Å²) in [5, 5.41) is 11.1. The summed E-state index contributed by atoms with van der Waals surface area (Å²) in [6.07, 6.45) is 3.20. The second-order valence-electron chi connectivity index (χ2n) is 6.80. The van der Waals surface area contributed by atoms with E-state index in [1.807, 2.05) is 6.07 Å². The Labute approximate surface area is 128 Å². The number of rotatable bonds is 4. The number of ether oxygens (including phenoxy) is 1. The zero-order valence-corrected chi connectivity index (χ0v) is 14.1. The molecule has 1 unspecified atom stereocenters. The van der Waals surface area contributed by atoms with Crippen molar-refractivity contribution in [3.05, 3.63) is 28.8 Å². The molecule has 1 fully saturated rings. The first-order chi connectivity index (χ1) is 9.87. The van der Waals surface area contributed by atoms with E-state index in [1.54, 1.807) is 7.11 Å². The smallest absolute Gasteiger partial charge is 0.125 e. The van der Waals surface area contributed by atoms with E-state index in [0.717, 1.165) is 35.5 Å². The van der Waals surface area contributed by atoms with E-state index >= 15 is 0 Å². The Balaban J connectivity index is 2.36. The lowest BCUT2D eigenvalue weighted by Crippen LogP contribution is -2.50. The fourth-order valence-corrected chi connectivity index (χ4v) is 3.46. The van der Waals surface area contributed by atoms with Crippen LogP contribution < -0.4 is 4.74 Å². The van der Waals surface area contributed by atoms with Gasteiger partial charge in [-0.15, -0.1) is 0 Å². The molecule has 1 N–H and O–H groups in total. The standard InChI is InChI=1S/C18H29NO2/c1-13-11-14(2)16(15(12-13)21-5)17(20)18(3,4)19-9-7-6-8-10-19/h11-12,17,20H,6-10H2,1-5H3. The lowest BCUT2D eigenvalue weighted by Gasteiger charge is -2.44. The molecular formula is C18H29NO2. The fraction of sp³-hybridized carbons (Fsp3) is 0.667. The summed E-state index contributed by atoms with van der Waals surface area (Å²) in [7, 11) is 1.68. The van der Waals surface area contributed by atoms with Crippen LogP contribution in [0.5, 0.6) is 5.75 Å². The number of aliphatic hydroxyl groups excluding tert-OH is 1. The second-order valence-corrected chi connectivity index (χ2v) is 6.80. The average Bonchev–Trinajstić information content (AvgIpc) is 2.46. The van der Waals surface area contributed by atoms with Gasteiger partial charge in [-0.1, -0.05) is 12.5 Å². The third-order valence-electron chi connectivity index (χ3n) is 4.83. The highest BCUT2D eigenvalue weighted by Gasteiger charge is 2.37. The first-order valence-corrected chi connectivity index (χ1v) is 7.96. The van der Waals surface area contributed by atoms with Crippen molar-refractivity contribution in [2.45, 2.75) is 58.6 Å². The highest BCUT2D eigenvalue weighted by molar-refractivity contribution is 5.45. The van der Waals surface area contributed by atoms with Gasteiger partial charge in [-0.05, 0) is 70.8 Å². The summed E-state index contributed by atoms with van der Waals surface area (Å²) < 4.78 is 5.53. The molecule has 0 bridgehead atoms. The molecule has 0 radical (unpaired) electrons. The Morgan fingerprint density at radius 3 is 2.33 bits per heavy atom. The van der Waals surface area contributed by atoms with Gasteiger partial charge in [-0.3, -0.25) is 4.90 Å². The summed E-state index contributed by atoms with van der Waals surface area (Å²) >= 11 is 0. The van der Waals surface area contributed by atoms with E-state index < -0.39 is 6.10 Å². The molecule has 118 valence electrons. The fourth-order valence-electron chi connectivity index (χ4n) is 3.46. The maximum Gasteiger partial charge on any atom is 0.125 e. The number of methoxy groups -OCH3 is 1. The molecule has 2 rings (SSSR count). The normalized spacial score (nSPS) is 18.6. The maximum absolute atomic E-state index is 11.1. The van der Waals surface area contributed by atoms with Gasteiger partial charge in [0, 0.05) is 11.1 Å². The maximum atomic E-state index is 11.1. The Kier molecular flexibility index (Phi) is 4.95. The minimum Gasteiger partial charge on any atom is -0.496 e. The van der Waals surface area contributed by atoms with E-state index in [0.29, 0.717) is 0 Å². The van der Waals surface area contributed by atoms with E-state index in [1.165, 1.54) is 19.3 Å². The monoisotopic (exact) mass is 291 g/mol. The number of nitrogens with zero attached hydrogens (tertiary/aromatic N) is 1. The topological polar surface area (TPSA) is 32.7 Å². The lowest BCUT2D eigenvalue weighted by molar-refractivity contribution is -0.0221. The number of piperidine rings is 1. The molecule has 1 heterocycles. The van der Waals surface area contributed by atoms with Crippen LogP contribution in [0, 0.1) is 13.8 Å². The average molecular weight is 291 g/mol. The molecule has 0 amide bonds. The van der Waals surface area contributed by atoms with Gasteiger partial charge >= 0.3 is 0 Å². The predicted molar refractivity (Wildman–Crippen MR) is 86.9 cm³/mol. The molecule has 1 aliphatic rings. The van der Waals surface area contributed by atoms with E-state index in [2.05, 4.69) is 38.7 Å². The number of aliphatic hydroxyl groups is 1. The van der Waals surface area contributed by atoms with Crippen molar-refractivity contribution in [1.82, 2.24) is 4.90 Å². The third kappa shape index (κ3) is 3.24. The molecule has 0 saturated carbocycles. The van der Waals surface area contributed by atoms with Crippen LogP contribution in [0.25, 0.3) is 0 Å². The summed E-state index contributed by atoms with van der Waals surface area (Å²) in [6, 6.07) is 4.13. The highest BCUT2D eigenvalue weighted by Crippen LogP contribution is 2.39. The summed E-state index contributed by atoms with van der Waals surface area (Å²) in [5.41, 5.74) is 2.91. The third-order valence-corrected chi connectivity index (χ3v) is 4.83. The minimum atomic E-state index is -0.550. The van der Waals surface area contributed by atoms with Crippen LogP contribution in [0.15, 0.2) is 12.1 Å². The number of aryl methyl sites for hydroxylation is 2. The molecule has 0 aliphatic carbocycles. The van der Waals surface area contributed by atoms with Crippen molar-refractivity contribution in [2.24, 2.45) is 0 Å². The van der Waals surface area contributed by atoms with Crippen molar-refractivity contribution < 1.29 is 9.84 Å². The zero-order chi connectivity index (χ0) is 15.6. The number of benzene rings is 1. The molecule has 1 aromatic rings. The van der Waals surface area contributed by atoms with Gasteiger partial charge in [0.2, 0.25) is 0 Å². The van der Waals surface area contributed by atoms with Crippen LogP contribution in [-0.4, -0.2) is 35.7 Å². The van der Waals surface area contributed by atoms with Gasteiger partial charge in [0.15, 0.2) is 0 Å². The number of hydrogen-bond donors (Lipinski definition) is 1. The first-order valence-electron chi connectivity index (χ1n) is 7.96. The van der Waals surface area contributed by atoms with Crippen LogP contribution in [0.3, 0.4) is 0 Å². The van der Waals surface area contributed by atoms with Crippen molar-refractivity contribution in [1.29, 1.82) is 0 Å². The second kappa shape index (κ2) is 6.37. The molecule has 0 spiro atoms. The SMILES string of the molecule is COc1cc(C)cc(C)c1C(O)C(C)(C)N1CCCCC1. The van der Waals surface area contributed by atoms with E-state index in [9.17, 15) is 5.11 Å². The molecule has 1 atom stereocenters. The largest absolute Gasteiger partial charge is 0.496 e. The Hall–Kier alpha value is -1.06. The van der Waals surface area contributed by atoms with Crippen LogP contribution in [0.2, 0.25) is 0 Å². The molecule has 21 heavy (non-hydrogen) atoms. The predicted octanol–water partition coefficient (Wildman–Crippen LogP) is 3.61. The molecule has 1 aromatic carbocycles. The van der Waals surface area contributed by atoms with Gasteiger partial charge in [0.25, 0.3) is 0 Å². The Bertz CT molecular complexity index is 490. The minimum absolute atomic E-state index is 0.284. The summed E-state index contributed by atoms with van der Waals surface area (Å²) in [6.45, 7) is 10.5. The van der Waals surface area contributed by atoms with Crippen LogP contribution in [0.4, 0.5) is 0 Å². The molecule has 1 saturated heterocycles. The van der Waals surface area contributed by atoms with Gasteiger partial charge in [0.05, 0.1) is 7.11 Å². The quantitative estimate of drug-likeness (QED) is 0.920. The zero-order valence-electron chi connectivity index (χ0n) is 14.1. The summed E-state index contributed by atoms with van der Waals surface area (Å²) in [5.74, 6) is 0.796. The molecule has 1 aliphatic heterocycles. The van der Waals surface area contributed by atoms with Gasteiger partial charge < -0.3 is 9.84 Å². The van der Waals surface area contributed by atoms with Gasteiger partial charge in [-0.2, -0.15) is 0 Å². The first kappa shape index (κ1) is 16.3. The van der Waals surface area contributed by atoms with Crippen molar-refractivity contribution in [3.8, 4) is 5.75 Å². The van der Waals surface area contributed by atoms with Crippen molar-refractivity contribution in [3.63, 3.8) is 0 Å². The van der Waals surface area contributed by atoms with Crippen molar-refractivity contribution >= 4 is 0 Å². The molecule has 3 nitrogen and oxygen atoms in total. The van der Waals surface area contributed by atoms with E-state index in [-0.39, 0.29) is 5.54 Å². The lowest BCUT2D eigenvalue weighted by atomic mass is 9.85.